The normalized spacial score (nSPS) is 14.7. The number of guanidine groups is 1. The van der Waals surface area contributed by atoms with Gasteiger partial charge in [-0.25, -0.2) is 4.99 Å². The summed E-state index contributed by atoms with van der Waals surface area (Å²) in [5.74, 6) is 0.840. The minimum Gasteiger partial charge on any atom is -0.459 e. The first-order valence-corrected chi connectivity index (χ1v) is 10.4. The first-order chi connectivity index (χ1) is 14.2. The van der Waals surface area contributed by atoms with E-state index in [1.165, 1.54) is 43.3 Å². The fraction of sp³-hybridized carbons (Fsp3) is 0.455. The molecule has 1 amide bonds. The molecule has 1 aliphatic rings. The van der Waals surface area contributed by atoms with Crippen molar-refractivity contribution >= 4 is 11.9 Å². The molecular weight excluding hydrogens is 366 g/mol. The number of carbonyl (C=O) groups excluding carboxylic acids is 1. The van der Waals surface area contributed by atoms with Crippen LogP contribution in [0.15, 0.2) is 52.1 Å². The Kier molecular flexibility index (Phi) is 8.12. The highest BCUT2D eigenvalue weighted by molar-refractivity contribution is 5.91. The monoisotopic (exact) mass is 397 g/mol. The lowest BCUT2D eigenvalue weighted by molar-refractivity contribution is 0.0926. The third-order valence-corrected chi connectivity index (χ3v) is 4.84. The third kappa shape index (κ3) is 6.94. The average Bonchev–Trinajstić information content (AvgIpc) is 3.44. The Hall–Kier alpha value is -2.80. The van der Waals surface area contributed by atoms with Gasteiger partial charge in [-0.05, 0) is 56.1 Å². The van der Waals surface area contributed by atoms with Crippen molar-refractivity contribution in [1.82, 2.24) is 20.9 Å². The van der Waals surface area contributed by atoms with Crippen molar-refractivity contribution in [3.8, 4) is 0 Å². The molecule has 1 aliphatic heterocycles. The first kappa shape index (κ1) is 20.9. The third-order valence-electron chi connectivity index (χ3n) is 4.84. The van der Waals surface area contributed by atoms with Gasteiger partial charge < -0.3 is 20.4 Å². The fourth-order valence-electron chi connectivity index (χ4n) is 3.31. The van der Waals surface area contributed by atoms with Gasteiger partial charge in [0.15, 0.2) is 11.7 Å². The summed E-state index contributed by atoms with van der Waals surface area (Å²) in [5, 5.41) is 9.28. The molecule has 1 aromatic carbocycles. The van der Waals surface area contributed by atoms with E-state index >= 15 is 0 Å². The molecule has 2 heterocycles. The molecule has 3 N–H and O–H groups in total. The zero-order chi connectivity index (χ0) is 20.3. The molecule has 0 atom stereocenters. The molecule has 0 spiro atoms. The minimum atomic E-state index is -0.215. The maximum atomic E-state index is 11.8. The predicted molar refractivity (Wildman–Crippen MR) is 115 cm³/mol. The van der Waals surface area contributed by atoms with Gasteiger partial charge >= 0.3 is 0 Å². The molecule has 0 aliphatic carbocycles. The summed E-state index contributed by atoms with van der Waals surface area (Å²) in [6, 6.07) is 12.1. The molecule has 7 heteroatoms. The maximum absolute atomic E-state index is 11.8. The lowest BCUT2D eigenvalue weighted by Crippen LogP contribution is -2.41. The number of rotatable bonds is 9. The van der Waals surface area contributed by atoms with E-state index in [4.69, 9.17) is 4.42 Å². The molecule has 7 nitrogen and oxygen atoms in total. The fourth-order valence-corrected chi connectivity index (χ4v) is 3.31. The number of likely N-dealkylation sites (tertiary alicyclic amines) is 1. The predicted octanol–water partition coefficient (Wildman–Crippen LogP) is 2.36. The van der Waals surface area contributed by atoms with E-state index in [9.17, 15) is 4.79 Å². The second-order valence-corrected chi connectivity index (χ2v) is 7.15. The second-order valence-electron chi connectivity index (χ2n) is 7.15. The maximum Gasteiger partial charge on any atom is 0.287 e. The van der Waals surface area contributed by atoms with Gasteiger partial charge in [-0.15, -0.1) is 0 Å². The van der Waals surface area contributed by atoms with Crippen LogP contribution in [0.2, 0.25) is 0 Å². The summed E-state index contributed by atoms with van der Waals surface area (Å²) in [7, 11) is 0. The average molecular weight is 398 g/mol. The molecule has 29 heavy (non-hydrogen) atoms. The molecule has 3 rings (SSSR count). The van der Waals surface area contributed by atoms with Gasteiger partial charge in [0.2, 0.25) is 0 Å². The molecular formula is C22H31N5O2. The zero-order valence-electron chi connectivity index (χ0n) is 17.1. The lowest BCUT2D eigenvalue weighted by Gasteiger charge is -2.14. The van der Waals surface area contributed by atoms with Gasteiger partial charge in [0, 0.05) is 26.2 Å². The smallest absolute Gasteiger partial charge is 0.287 e. The van der Waals surface area contributed by atoms with E-state index < -0.39 is 0 Å². The Morgan fingerprint density at radius 1 is 1.03 bits per heavy atom. The standard InChI is InChI=1S/C22H31N5O2/c1-2-23-22(25-12-11-24-21(28)20-6-5-15-29-20)26-16-18-7-9-19(10-8-18)17-27-13-3-4-14-27/h5-10,15H,2-4,11-14,16-17H2,1H3,(H,24,28)(H2,23,25,26). The largest absolute Gasteiger partial charge is 0.459 e. The Labute approximate surface area is 172 Å². The molecule has 2 aromatic rings. The van der Waals surface area contributed by atoms with Crippen LogP contribution < -0.4 is 16.0 Å². The van der Waals surface area contributed by atoms with Gasteiger partial charge in [0.25, 0.3) is 5.91 Å². The van der Waals surface area contributed by atoms with Crippen molar-refractivity contribution in [2.45, 2.75) is 32.9 Å². The number of amides is 1. The molecule has 0 bridgehead atoms. The topological polar surface area (TPSA) is 81.9 Å². The Morgan fingerprint density at radius 2 is 1.76 bits per heavy atom. The number of carbonyl (C=O) groups is 1. The van der Waals surface area contributed by atoms with Crippen LogP contribution in [-0.2, 0) is 13.1 Å². The number of hydrogen-bond acceptors (Lipinski definition) is 4. The van der Waals surface area contributed by atoms with E-state index in [1.807, 2.05) is 6.92 Å². The van der Waals surface area contributed by atoms with Crippen LogP contribution in [0.3, 0.4) is 0 Å². The van der Waals surface area contributed by atoms with Gasteiger partial charge in [-0.1, -0.05) is 24.3 Å². The molecule has 1 fully saturated rings. The number of aliphatic imine (C=N–C) groups is 1. The molecule has 156 valence electrons. The molecule has 0 radical (unpaired) electrons. The quantitative estimate of drug-likeness (QED) is 0.344. The molecule has 1 aromatic heterocycles. The van der Waals surface area contributed by atoms with Gasteiger partial charge in [0.05, 0.1) is 12.8 Å². The summed E-state index contributed by atoms with van der Waals surface area (Å²) in [5.41, 5.74) is 2.54. The van der Waals surface area contributed by atoms with E-state index in [-0.39, 0.29) is 5.91 Å². The molecule has 0 saturated carbocycles. The molecule has 0 unspecified atom stereocenters. The molecule has 1 saturated heterocycles. The van der Waals surface area contributed by atoms with Gasteiger partial charge in [-0.3, -0.25) is 9.69 Å². The van der Waals surface area contributed by atoms with Crippen molar-refractivity contribution in [2.24, 2.45) is 4.99 Å². The number of benzene rings is 1. The first-order valence-electron chi connectivity index (χ1n) is 10.4. The van der Waals surface area contributed by atoms with E-state index in [1.54, 1.807) is 12.1 Å². The Balaban J connectivity index is 1.42. The van der Waals surface area contributed by atoms with Gasteiger partial charge in [0.1, 0.15) is 0 Å². The number of hydrogen-bond donors (Lipinski definition) is 3. The van der Waals surface area contributed by atoms with Crippen molar-refractivity contribution in [2.75, 3.05) is 32.7 Å². The zero-order valence-corrected chi connectivity index (χ0v) is 17.1. The van der Waals surface area contributed by atoms with Crippen LogP contribution in [-0.4, -0.2) is 49.5 Å². The highest BCUT2D eigenvalue weighted by Crippen LogP contribution is 2.13. The van der Waals surface area contributed by atoms with E-state index in [0.717, 1.165) is 19.0 Å². The van der Waals surface area contributed by atoms with Crippen molar-refractivity contribution < 1.29 is 9.21 Å². The van der Waals surface area contributed by atoms with Crippen molar-refractivity contribution in [1.29, 1.82) is 0 Å². The van der Waals surface area contributed by atoms with Crippen LogP contribution in [0.4, 0.5) is 0 Å². The van der Waals surface area contributed by atoms with Crippen LogP contribution >= 0.6 is 0 Å². The van der Waals surface area contributed by atoms with Crippen LogP contribution in [0.1, 0.15) is 41.4 Å². The summed E-state index contributed by atoms with van der Waals surface area (Å²) >= 11 is 0. The van der Waals surface area contributed by atoms with Gasteiger partial charge in [-0.2, -0.15) is 0 Å². The second kappa shape index (κ2) is 11.3. The minimum absolute atomic E-state index is 0.215. The number of furan rings is 1. The van der Waals surface area contributed by atoms with Crippen LogP contribution in [0, 0.1) is 0 Å². The Morgan fingerprint density at radius 3 is 2.45 bits per heavy atom. The summed E-state index contributed by atoms with van der Waals surface area (Å²) in [6.45, 7) is 7.94. The van der Waals surface area contributed by atoms with Crippen molar-refractivity contribution in [3.05, 3.63) is 59.5 Å². The summed E-state index contributed by atoms with van der Waals surface area (Å²) in [4.78, 5) is 19.0. The number of nitrogens with one attached hydrogen (secondary N) is 3. The Bertz CT molecular complexity index is 765. The SMILES string of the molecule is CCNC(=NCc1ccc(CN2CCCC2)cc1)NCCNC(=O)c1ccco1. The summed E-state index contributed by atoms with van der Waals surface area (Å²) < 4.78 is 5.07. The lowest BCUT2D eigenvalue weighted by atomic mass is 10.1. The highest BCUT2D eigenvalue weighted by Gasteiger charge is 2.11. The van der Waals surface area contributed by atoms with Crippen molar-refractivity contribution in [3.63, 3.8) is 0 Å². The van der Waals surface area contributed by atoms with E-state index in [2.05, 4.69) is 50.1 Å². The highest BCUT2D eigenvalue weighted by atomic mass is 16.3. The summed E-state index contributed by atoms with van der Waals surface area (Å²) in [6.07, 6.45) is 4.13. The van der Waals surface area contributed by atoms with Crippen LogP contribution in [0.25, 0.3) is 0 Å². The number of nitrogens with zero attached hydrogens (tertiary/aromatic N) is 2. The van der Waals surface area contributed by atoms with E-state index in [0.29, 0.717) is 25.4 Å². The van der Waals surface area contributed by atoms with Crippen LogP contribution in [0.5, 0.6) is 0 Å².